The van der Waals surface area contributed by atoms with Gasteiger partial charge in [0.25, 0.3) is 5.91 Å². The molecule has 0 N–H and O–H groups in total. The van der Waals surface area contributed by atoms with Gasteiger partial charge in [0.15, 0.2) is 5.17 Å². The molecule has 1 aliphatic rings. The quantitative estimate of drug-likeness (QED) is 0.274. The molecule has 0 spiro atoms. The summed E-state index contributed by atoms with van der Waals surface area (Å²) in [4.78, 5) is 17.3. The van der Waals surface area contributed by atoms with E-state index in [1.165, 1.54) is 11.8 Å². The summed E-state index contributed by atoms with van der Waals surface area (Å²) in [6, 6.07) is 18.9. The fourth-order valence-corrected chi connectivity index (χ4v) is 4.06. The fraction of sp³-hybridized carbons (Fsp3) is 0.125. The molecule has 2 heterocycles. The molecule has 3 aromatic rings. The molecule has 1 aliphatic heterocycles. The maximum atomic E-state index is 13.1. The minimum Gasteiger partial charge on any atom is -0.467 e. The predicted molar refractivity (Wildman–Crippen MR) is 132 cm³/mol. The van der Waals surface area contributed by atoms with E-state index in [1.807, 2.05) is 67.5 Å². The number of rotatable bonds is 6. The van der Waals surface area contributed by atoms with Gasteiger partial charge in [0.2, 0.25) is 0 Å². The van der Waals surface area contributed by atoms with Crippen LogP contribution in [-0.2, 0) is 11.3 Å². The van der Waals surface area contributed by atoms with E-state index in [0.29, 0.717) is 20.9 Å². The summed E-state index contributed by atoms with van der Waals surface area (Å²) in [6.45, 7) is 0.283. The maximum Gasteiger partial charge on any atom is 0.267 e. The van der Waals surface area contributed by atoms with Crippen molar-refractivity contribution in [3.63, 3.8) is 0 Å². The molecule has 4 rings (SSSR count). The highest BCUT2D eigenvalue weighted by Gasteiger charge is 2.34. The lowest BCUT2D eigenvalue weighted by atomic mass is 10.2. The molecule has 8 heteroatoms. The Hall–Kier alpha value is -3.29. The van der Waals surface area contributed by atoms with Crippen LogP contribution in [0.3, 0.4) is 0 Å². The molecule has 0 atom stereocenters. The van der Waals surface area contributed by atoms with Crippen molar-refractivity contribution in [2.45, 2.75) is 6.54 Å². The van der Waals surface area contributed by atoms with Gasteiger partial charge in [-0.05, 0) is 65.4 Å². The van der Waals surface area contributed by atoms with E-state index in [9.17, 15) is 4.79 Å². The van der Waals surface area contributed by atoms with Gasteiger partial charge in [0, 0.05) is 24.8 Å². The van der Waals surface area contributed by atoms with Crippen LogP contribution in [0.4, 0.5) is 5.69 Å². The molecule has 1 amide bonds. The number of nitrogens with zero attached hydrogens (tertiary/aromatic N) is 4. The van der Waals surface area contributed by atoms with Crippen molar-refractivity contribution in [3.05, 3.63) is 93.7 Å². The number of anilines is 1. The first-order chi connectivity index (χ1) is 15.5. The molecule has 0 aliphatic carbocycles. The van der Waals surface area contributed by atoms with Crippen LogP contribution in [0.2, 0.25) is 5.02 Å². The monoisotopic (exact) mass is 464 g/mol. The lowest BCUT2D eigenvalue weighted by Gasteiger charge is -2.12. The smallest absolute Gasteiger partial charge is 0.267 e. The van der Waals surface area contributed by atoms with E-state index < -0.39 is 0 Å². The van der Waals surface area contributed by atoms with E-state index in [-0.39, 0.29) is 12.5 Å². The average Bonchev–Trinajstić information content (AvgIpc) is 3.40. The summed E-state index contributed by atoms with van der Waals surface area (Å²) in [6.07, 6.45) is 5.08. The Morgan fingerprint density at radius 2 is 1.78 bits per heavy atom. The van der Waals surface area contributed by atoms with Gasteiger partial charge in [0.05, 0.1) is 23.9 Å². The highest BCUT2D eigenvalue weighted by Crippen LogP contribution is 2.34. The lowest BCUT2D eigenvalue weighted by Crippen LogP contribution is -2.28. The van der Waals surface area contributed by atoms with Gasteiger partial charge in [-0.25, -0.2) is 0 Å². The number of halogens is 1. The van der Waals surface area contributed by atoms with Gasteiger partial charge >= 0.3 is 0 Å². The Labute approximate surface area is 195 Å². The third-order valence-corrected chi connectivity index (χ3v) is 5.96. The lowest BCUT2D eigenvalue weighted by molar-refractivity contribution is -0.122. The summed E-state index contributed by atoms with van der Waals surface area (Å²) in [5, 5.41) is 9.65. The van der Waals surface area contributed by atoms with Gasteiger partial charge in [-0.3, -0.25) is 9.69 Å². The first kappa shape index (κ1) is 21.9. The van der Waals surface area contributed by atoms with E-state index in [4.69, 9.17) is 16.0 Å². The SMILES string of the molecule is CN(C)c1ccc(/C=C2\S/C(=N\N=C\c3ccc(Cl)cc3)N(Cc3ccco3)C2=O)cc1. The summed E-state index contributed by atoms with van der Waals surface area (Å²) in [5.41, 5.74) is 2.90. The molecular formula is C24H21ClN4O2S. The third kappa shape index (κ3) is 5.30. The fourth-order valence-electron chi connectivity index (χ4n) is 2.99. The van der Waals surface area contributed by atoms with Crippen LogP contribution in [0.25, 0.3) is 6.08 Å². The molecule has 0 bridgehead atoms. The highest BCUT2D eigenvalue weighted by atomic mass is 35.5. The molecule has 2 aromatic carbocycles. The number of hydrogen-bond acceptors (Lipinski definition) is 6. The normalized spacial score (nSPS) is 16.6. The minimum atomic E-state index is -0.136. The van der Waals surface area contributed by atoms with Gasteiger partial charge in [-0.2, -0.15) is 5.10 Å². The number of amidine groups is 1. The van der Waals surface area contributed by atoms with Crippen molar-refractivity contribution in [3.8, 4) is 0 Å². The highest BCUT2D eigenvalue weighted by molar-refractivity contribution is 8.18. The summed E-state index contributed by atoms with van der Waals surface area (Å²) >= 11 is 7.21. The molecule has 0 radical (unpaired) electrons. The molecule has 0 saturated carbocycles. The molecule has 1 aromatic heterocycles. The summed E-state index contributed by atoms with van der Waals surface area (Å²) < 4.78 is 5.43. The van der Waals surface area contributed by atoms with Crippen LogP contribution >= 0.6 is 23.4 Å². The van der Waals surface area contributed by atoms with Crippen molar-refractivity contribution in [1.82, 2.24) is 4.90 Å². The largest absolute Gasteiger partial charge is 0.467 e. The van der Waals surface area contributed by atoms with Crippen molar-refractivity contribution < 1.29 is 9.21 Å². The average molecular weight is 465 g/mol. The molecular weight excluding hydrogens is 444 g/mol. The number of amides is 1. The number of furan rings is 1. The molecule has 32 heavy (non-hydrogen) atoms. The van der Waals surface area contributed by atoms with Crippen LogP contribution in [0.5, 0.6) is 0 Å². The predicted octanol–water partition coefficient (Wildman–Crippen LogP) is 5.51. The van der Waals surface area contributed by atoms with E-state index in [0.717, 1.165) is 16.8 Å². The number of carbonyl (C=O) groups excluding carboxylic acids is 1. The Morgan fingerprint density at radius 1 is 1.06 bits per heavy atom. The first-order valence-electron chi connectivity index (χ1n) is 9.87. The van der Waals surface area contributed by atoms with Crippen LogP contribution in [0.1, 0.15) is 16.9 Å². The number of thioether (sulfide) groups is 1. The number of carbonyl (C=O) groups is 1. The zero-order valence-electron chi connectivity index (χ0n) is 17.6. The molecule has 1 fully saturated rings. The molecule has 162 valence electrons. The van der Waals surface area contributed by atoms with Crippen LogP contribution in [-0.4, -0.2) is 36.3 Å². The Bertz CT molecular complexity index is 1170. The van der Waals surface area contributed by atoms with Crippen molar-refractivity contribution in [2.75, 3.05) is 19.0 Å². The summed E-state index contributed by atoms with van der Waals surface area (Å²) in [7, 11) is 3.98. The van der Waals surface area contributed by atoms with Crippen molar-refractivity contribution in [2.24, 2.45) is 10.2 Å². The topological polar surface area (TPSA) is 61.4 Å². The Balaban J connectivity index is 1.59. The first-order valence-corrected chi connectivity index (χ1v) is 11.1. The van der Waals surface area contributed by atoms with Crippen LogP contribution < -0.4 is 4.90 Å². The molecule has 6 nitrogen and oxygen atoms in total. The number of benzene rings is 2. The second kappa shape index (κ2) is 9.89. The third-order valence-electron chi connectivity index (χ3n) is 4.71. The van der Waals surface area contributed by atoms with Crippen molar-refractivity contribution in [1.29, 1.82) is 0 Å². The van der Waals surface area contributed by atoms with Gasteiger partial charge in [-0.15, -0.1) is 5.10 Å². The van der Waals surface area contributed by atoms with Gasteiger partial charge in [-0.1, -0.05) is 35.9 Å². The van der Waals surface area contributed by atoms with Gasteiger partial charge in [0.1, 0.15) is 5.76 Å². The minimum absolute atomic E-state index is 0.136. The maximum absolute atomic E-state index is 13.1. The summed E-state index contributed by atoms with van der Waals surface area (Å²) in [5.74, 6) is 0.536. The Kier molecular flexibility index (Phi) is 6.78. The Morgan fingerprint density at radius 3 is 2.44 bits per heavy atom. The van der Waals surface area contributed by atoms with Crippen LogP contribution in [0, 0.1) is 0 Å². The zero-order valence-corrected chi connectivity index (χ0v) is 19.2. The second-order valence-corrected chi connectivity index (χ2v) is 8.69. The second-order valence-electron chi connectivity index (χ2n) is 7.25. The van der Waals surface area contributed by atoms with Crippen LogP contribution in [0.15, 0.2) is 86.5 Å². The molecule has 0 unspecified atom stereocenters. The van der Waals surface area contributed by atoms with Gasteiger partial charge < -0.3 is 9.32 Å². The van der Waals surface area contributed by atoms with Crippen molar-refractivity contribution >= 4 is 52.4 Å². The van der Waals surface area contributed by atoms with E-state index in [2.05, 4.69) is 10.2 Å². The zero-order chi connectivity index (χ0) is 22.5. The standard InChI is InChI=1S/C24H21ClN4O2S/c1-28(2)20-11-7-17(8-12-20)14-22-23(30)29(16-21-4-3-13-31-21)24(32-22)27-26-15-18-5-9-19(25)10-6-18/h3-15H,16H2,1-2H3/b22-14-,26-15+,27-24-. The van der Waals surface area contributed by atoms with E-state index >= 15 is 0 Å². The van der Waals surface area contributed by atoms with E-state index in [1.54, 1.807) is 35.6 Å². The molecule has 1 saturated heterocycles. The number of hydrogen-bond donors (Lipinski definition) is 0.